The van der Waals surface area contributed by atoms with Crippen LogP contribution < -0.4 is 16.8 Å². The summed E-state index contributed by atoms with van der Waals surface area (Å²) in [6, 6.07) is 4.25. The second-order valence-corrected chi connectivity index (χ2v) is 5.79. The normalized spacial score (nSPS) is 11.7. The van der Waals surface area contributed by atoms with Crippen LogP contribution in [0.25, 0.3) is 11.1 Å². The first-order valence-corrected chi connectivity index (χ1v) is 7.53. The summed E-state index contributed by atoms with van der Waals surface area (Å²) in [7, 11) is 0. The molecule has 6 nitrogen and oxygen atoms in total. The summed E-state index contributed by atoms with van der Waals surface area (Å²) in [6.07, 6.45) is -4.52. The molecule has 0 atom stereocenters. The third-order valence-electron chi connectivity index (χ3n) is 4.02. The summed E-state index contributed by atoms with van der Waals surface area (Å²) >= 11 is 0. The maximum absolute atomic E-state index is 12.8. The average Bonchev–Trinajstić information content (AvgIpc) is 2.89. The molecule has 0 bridgehead atoms. The predicted octanol–water partition coefficient (Wildman–Crippen LogP) is 3.88. The number of carbonyl (C=O) groups excluding carboxylic acids is 1. The van der Waals surface area contributed by atoms with E-state index in [4.69, 9.17) is 15.9 Å². The van der Waals surface area contributed by atoms with E-state index in [1.54, 1.807) is 13.8 Å². The van der Waals surface area contributed by atoms with Gasteiger partial charge in [0.15, 0.2) is 0 Å². The fourth-order valence-electron chi connectivity index (χ4n) is 2.62. The van der Waals surface area contributed by atoms with E-state index in [9.17, 15) is 18.0 Å². The smallest absolute Gasteiger partial charge is 0.416 e. The Kier molecular flexibility index (Phi) is 4.02. The molecule has 136 valence electrons. The molecular weight excluding hydrogens is 349 g/mol. The number of amides is 1. The van der Waals surface area contributed by atoms with E-state index in [2.05, 4.69) is 10.3 Å². The summed E-state index contributed by atoms with van der Waals surface area (Å²) in [5, 5.41) is 2.75. The zero-order valence-corrected chi connectivity index (χ0v) is 13.9. The Labute approximate surface area is 146 Å². The third-order valence-corrected chi connectivity index (χ3v) is 4.02. The highest BCUT2D eigenvalue weighted by Crippen LogP contribution is 2.34. The van der Waals surface area contributed by atoms with Gasteiger partial charge in [0.2, 0.25) is 11.5 Å². The minimum Gasteiger partial charge on any atom is -0.430 e. The van der Waals surface area contributed by atoms with Crippen molar-refractivity contribution in [2.75, 3.05) is 16.8 Å². The van der Waals surface area contributed by atoms with Gasteiger partial charge < -0.3 is 21.2 Å². The predicted molar refractivity (Wildman–Crippen MR) is 91.7 cm³/mol. The fraction of sp³-hybridized carbons (Fsp3) is 0.176. The molecule has 0 aliphatic heterocycles. The van der Waals surface area contributed by atoms with Gasteiger partial charge in [-0.3, -0.25) is 4.79 Å². The Bertz CT molecular complexity index is 1030. The van der Waals surface area contributed by atoms with Gasteiger partial charge in [0, 0.05) is 5.69 Å². The van der Waals surface area contributed by atoms with E-state index >= 15 is 0 Å². The Hall–Kier alpha value is -3.23. The molecule has 1 aromatic carbocycles. The van der Waals surface area contributed by atoms with Gasteiger partial charge in [-0.05, 0) is 37.6 Å². The molecule has 3 aromatic rings. The molecule has 26 heavy (non-hydrogen) atoms. The Balaban J connectivity index is 1.99. The Morgan fingerprint density at radius 2 is 1.88 bits per heavy atom. The van der Waals surface area contributed by atoms with Crippen molar-refractivity contribution in [2.45, 2.75) is 20.0 Å². The number of hydrogen-bond acceptors (Lipinski definition) is 5. The lowest BCUT2D eigenvalue weighted by Gasteiger charge is -2.09. The number of hydrogen-bond donors (Lipinski definition) is 3. The van der Waals surface area contributed by atoms with Crippen LogP contribution in [0.2, 0.25) is 0 Å². The summed E-state index contributed by atoms with van der Waals surface area (Å²) < 4.78 is 43.8. The second-order valence-electron chi connectivity index (χ2n) is 5.79. The number of halogens is 3. The van der Waals surface area contributed by atoms with Gasteiger partial charge in [-0.25, -0.2) is 4.98 Å². The summed E-state index contributed by atoms with van der Waals surface area (Å²) in [5.41, 5.74) is 12.7. The fourth-order valence-corrected chi connectivity index (χ4v) is 2.62. The zero-order chi connectivity index (χ0) is 19.2. The van der Waals surface area contributed by atoms with Crippen LogP contribution in [-0.4, -0.2) is 10.9 Å². The average molecular weight is 364 g/mol. The van der Waals surface area contributed by atoms with Gasteiger partial charge in [0.25, 0.3) is 5.91 Å². The van der Waals surface area contributed by atoms with E-state index in [1.807, 2.05) is 0 Å². The van der Waals surface area contributed by atoms with Gasteiger partial charge in [0.05, 0.1) is 28.0 Å². The molecule has 2 aromatic heterocycles. The third kappa shape index (κ3) is 2.92. The van der Waals surface area contributed by atoms with Crippen LogP contribution in [0.15, 0.2) is 28.7 Å². The molecule has 0 radical (unpaired) electrons. The van der Waals surface area contributed by atoms with Crippen LogP contribution in [0.4, 0.5) is 30.2 Å². The first-order chi connectivity index (χ1) is 12.1. The van der Waals surface area contributed by atoms with Gasteiger partial charge in [-0.2, -0.15) is 13.2 Å². The lowest BCUT2D eigenvalue weighted by atomic mass is 10.1. The van der Waals surface area contributed by atoms with Crippen LogP contribution in [0.3, 0.4) is 0 Å². The van der Waals surface area contributed by atoms with Crippen molar-refractivity contribution in [3.05, 3.63) is 46.8 Å². The topological polar surface area (TPSA) is 107 Å². The summed E-state index contributed by atoms with van der Waals surface area (Å²) in [6.45, 7) is 3.40. The number of aromatic nitrogens is 1. The van der Waals surface area contributed by atoms with Gasteiger partial charge in [-0.15, -0.1) is 0 Å². The van der Waals surface area contributed by atoms with Gasteiger partial charge in [0.1, 0.15) is 0 Å². The van der Waals surface area contributed by atoms with Crippen molar-refractivity contribution in [3.63, 3.8) is 0 Å². The lowest BCUT2D eigenvalue weighted by molar-refractivity contribution is -0.137. The van der Waals surface area contributed by atoms with Crippen LogP contribution in [-0.2, 0) is 6.18 Å². The number of rotatable bonds is 2. The number of pyridine rings is 1. The molecule has 9 heteroatoms. The Morgan fingerprint density at radius 1 is 1.19 bits per heavy atom. The largest absolute Gasteiger partial charge is 0.430 e. The monoisotopic (exact) mass is 364 g/mol. The van der Waals surface area contributed by atoms with Crippen molar-refractivity contribution in [3.8, 4) is 0 Å². The maximum Gasteiger partial charge on any atom is 0.416 e. The highest BCUT2D eigenvalue weighted by atomic mass is 19.4. The van der Waals surface area contributed by atoms with Crippen LogP contribution in [0.1, 0.15) is 27.4 Å². The molecule has 0 unspecified atom stereocenters. The van der Waals surface area contributed by atoms with Crippen molar-refractivity contribution in [1.82, 2.24) is 4.98 Å². The molecule has 0 saturated carbocycles. The molecule has 5 N–H and O–H groups in total. The van der Waals surface area contributed by atoms with Crippen molar-refractivity contribution in [2.24, 2.45) is 0 Å². The number of fused-ring (bicyclic) bond motifs is 1. The number of alkyl halides is 3. The van der Waals surface area contributed by atoms with E-state index in [-0.39, 0.29) is 22.8 Å². The van der Waals surface area contributed by atoms with E-state index in [1.165, 1.54) is 12.1 Å². The van der Waals surface area contributed by atoms with E-state index < -0.39 is 17.6 Å². The van der Waals surface area contributed by atoms with Crippen LogP contribution in [0, 0.1) is 13.8 Å². The van der Waals surface area contributed by atoms with Crippen molar-refractivity contribution < 1.29 is 22.4 Å². The standard InChI is InChI=1S/C17H15F3N4O2/c1-7-11-13(22)14(26-16(11)23-8(2)12(7)21)15(25)24-10-5-3-4-9(6-10)17(18,19)20/h3-6H,21-22H2,1-2H3,(H,24,25). The number of carbonyl (C=O) groups is 1. The number of furan rings is 1. The number of nitrogens with two attached hydrogens (primary N) is 2. The summed E-state index contributed by atoms with van der Waals surface area (Å²) in [4.78, 5) is 16.6. The van der Waals surface area contributed by atoms with E-state index in [0.717, 1.165) is 12.1 Å². The van der Waals surface area contributed by atoms with Gasteiger partial charge >= 0.3 is 6.18 Å². The van der Waals surface area contributed by atoms with Crippen LogP contribution >= 0.6 is 0 Å². The molecular formula is C17H15F3N4O2. The quantitative estimate of drug-likeness (QED) is 0.640. The van der Waals surface area contributed by atoms with Crippen molar-refractivity contribution >= 4 is 34.1 Å². The van der Waals surface area contributed by atoms with Gasteiger partial charge in [-0.1, -0.05) is 6.07 Å². The Morgan fingerprint density at radius 3 is 2.54 bits per heavy atom. The number of aryl methyl sites for hydroxylation is 2. The number of nitrogens with one attached hydrogen (secondary N) is 1. The highest BCUT2D eigenvalue weighted by Gasteiger charge is 2.30. The highest BCUT2D eigenvalue weighted by molar-refractivity contribution is 6.11. The summed E-state index contributed by atoms with van der Waals surface area (Å²) in [5.74, 6) is -1.02. The lowest BCUT2D eigenvalue weighted by Crippen LogP contribution is -2.14. The zero-order valence-electron chi connectivity index (χ0n) is 13.9. The number of benzene rings is 1. The van der Waals surface area contributed by atoms with E-state index in [0.29, 0.717) is 22.3 Å². The molecule has 0 spiro atoms. The molecule has 1 amide bonds. The molecule has 3 rings (SSSR count). The molecule has 2 heterocycles. The first-order valence-electron chi connectivity index (χ1n) is 7.53. The minimum absolute atomic E-state index is 0.0289. The van der Waals surface area contributed by atoms with Crippen LogP contribution in [0.5, 0.6) is 0 Å². The molecule has 0 aliphatic rings. The molecule has 0 saturated heterocycles. The number of anilines is 3. The number of nitrogen functional groups attached to an aromatic ring is 2. The SMILES string of the molecule is Cc1nc2oc(C(=O)Nc3cccc(C(F)(F)F)c3)c(N)c2c(C)c1N. The first kappa shape index (κ1) is 17.6. The van der Waals surface area contributed by atoms with Crippen molar-refractivity contribution in [1.29, 1.82) is 0 Å². The maximum atomic E-state index is 12.8. The minimum atomic E-state index is -4.52. The number of nitrogens with zero attached hydrogens (tertiary/aromatic N) is 1. The molecule has 0 fully saturated rings. The molecule has 0 aliphatic carbocycles. The second kappa shape index (κ2) is 5.94.